The normalized spacial score (nSPS) is 16.4. The zero-order valence-electron chi connectivity index (χ0n) is 11.4. The topological polar surface area (TPSA) is 56.5 Å². The van der Waals surface area contributed by atoms with Gasteiger partial charge in [0.1, 0.15) is 18.1 Å². The summed E-state index contributed by atoms with van der Waals surface area (Å²) in [4.78, 5) is 0. The Morgan fingerprint density at radius 2 is 2.15 bits per heavy atom. The Morgan fingerprint density at radius 3 is 3.00 bits per heavy atom. The molecule has 0 aromatic heterocycles. The van der Waals surface area contributed by atoms with Crippen molar-refractivity contribution in [1.82, 2.24) is 0 Å². The highest BCUT2D eigenvalue weighted by Gasteiger charge is 2.23. The Bertz CT molecular complexity index is 613. The second kappa shape index (κ2) is 5.33. The van der Waals surface area contributed by atoms with E-state index in [0.29, 0.717) is 18.9 Å². The molecule has 1 aliphatic heterocycles. The lowest BCUT2D eigenvalue weighted by Crippen LogP contribution is -2.12. The minimum absolute atomic E-state index is 0.141. The number of benzene rings is 2. The van der Waals surface area contributed by atoms with E-state index in [-0.39, 0.29) is 6.04 Å². The lowest BCUT2D eigenvalue weighted by molar-refractivity contribution is 0.338. The molecule has 0 radical (unpaired) electrons. The number of para-hydroxylation sites is 1. The first kappa shape index (κ1) is 12.7. The van der Waals surface area contributed by atoms with Crippen molar-refractivity contribution in [3.05, 3.63) is 48.0 Å². The van der Waals surface area contributed by atoms with E-state index in [1.54, 1.807) is 0 Å². The number of rotatable bonds is 4. The van der Waals surface area contributed by atoms with E-state index >= 15 is 0 Å². The number of fused-ring (bicyclic) bond motifs is 1. The number of hydrogen-bond donors (Lipinski definition) is 2. The van der Waals surface area contributed by atoms with Gasteiger partial charge in [0.05, 0.1) is 12.6 Å². The maximum Gasteiger partial charge on any atom is 0.124 e. The van der Waals surface area contributed by atoms with E-state index in [2.05, 4.69) is 11.4 Å². The van der Waals surface area contributed by atoms with Crippen molar-refractivity contribution in [2.45, 2.75) is 13.0 Å². The zero-order chi connectivity index (χ0) is 13.9. The summed E-state index contributed by atoms with van der Waals surface area (Å²) in [6.45, 7) is 3.20. The lowest BCUT2D eigenvalue weighted by Gasteiger charge is -2.15. The molecular weight excluding hydrogens is 252 g/mol. The Morgan fingerprint density at radius 1 is 1.30 bits per heavy atom. The van der Waals surface area contributed by atoms with Gasteiger partial charge in [-0.2, -0.15) is 0 Å². The quantitative estimate of drug-likeness (QED) is 0.838. The number of ether oxygens (including phenoxy) is 2. The molecule has 1 unspecified atom stereocenters. The van der Waals surface area contributed by atoms with Crippen molar-refractivity contribution in [2.24, 2.45) is 0 Å². The molecule has 104 valence electrons. The van der Waals surface area contributed by atoms with E-state index in [4.69, 9.17) is 15.2 Å². The monoisotopic (exact) mass is 270 g/mol. The van der Waals surface area contributed by atoms with E-state index in [9.17, 15) is 0 Å². The average molecular weight is 270 g/mol. The van der Waals surface area contributed by atoms with Crippen molar-refractivity contribution in [3.63, 3.8) is 0 Å². The molecule has 0 aliphatic carbocycles. The van der Waals surface area contributed by atoms with Crippen molar-refractivity contribution < 1.29 is 9.47 Å². The molecule has 1 heterocycles. The summed E-state index contributed by atoms with van der Waals surface area (Å²) in [5, 5.41) is 3.45. The van der Waals surface area contributed by atoms with Gasteiger partial charge in [-0.15, -0.1) is 0 Å². The maximum absolute atomic E-state index is 5.91. The van der Waals surface area contributed by atoms with Crippen LogP contribution < -0.4 is 20.5 Å². The fourth-order valence-electron chi connectivity index (χ4n) is 2.44. The molecular formula is C16H18N2O2. The third-order valence-electron chi connectivity index (χ3n) is 3.28. The van der Waals surface area contributed by atoms with Crippen LogP contribution in [0.4, 0.5) is 11.4 Å². The van der Waals surface area contributed by atoms with Crippen molar-refractivity contribution >= 4 is 11.4 Å². The van der Waals surface area contributed by atoms with Gasteiger partial charge in [-0.1, -0.05) is 18.2 Å². The Kier molecular flexibility index (Phi) is 3.37. The fraction of sp³-hybridized carbons (Fsp3) is 0.250. The minimum atomic E-state index is 0.141. The SMILES string of the molecule is CCOc1cc(N)cc(NC2COc3ccccc32)c1. The smallest absolute Gasteiger partial charge is 0.124 e. The van der Waals surface area contributed by atoms with Crippen LogP contribution in [0.15, 0.2) is 42.5 Å². The molecule has 20 heavy (non-hydrogen) atoms. The molecule has 4 nitrogen and oxygen atoms in total. The third kappa shape index (κ3) is 2.50. The highest BCUT2D eigenvalue weighted by atomic mass is 16.5. The molecule has 1 atom stereocenters. The molecule has 2 aromatic carbocycles. The molecule has 0 bridgehead atoms. The van der Waals surface area contributed by atoms with Crippen LogP contribution in [0.25, 0.3) is 0 Å². The summed E-state index contributed by atoms with van der Waals surface area (Å²) in [5.41, 5.74) is 8.71. The fourth-order valence-corrected chi connectivity index (χ4v) is 2.44. The van der Waals surface area contributed by atoms with Crippen LogP contribution >= 0.6 is 0 Å². The number of nitrogens with one attached hydrogen (secondary N) is 1. The first-order valence-electron chi connectivity index (χ1n) is 6.78. The summed E-state index contributed by atoms with van der Waals surface area (Å²) < 4.78 is 11.2. The molecule has 3 N–H and O–H groups in total. The van der Waals surface area contributed by atoms with Crippen molar-refractivity contribution in [3.8, 4) is 11.5 Å². The number of nitrogen functional groups attached to an aromatic ring is 1. The van der Waals surface area contributed by atoms with Gasteiger partial charge in [0, 0.05) is 29.1 Å². The maximum atomic E-state index is 5.91. The van der Waals surface area contributed by atoms with Crippen LogP contribution in [0.1, 0.15) is 18.5 Å². The molecule has 2 aromatic rings. The molecule has 0 spiro atoms. The van der Waals surface area contributed by atoms with Gasteiger partial charge in [-0.25, -0.2) is 0 Å². The van der Waals surface area contributed by atoms with E-state index in [0.717, 1.165) is 17.2 Å². The van der Waals surface area contributed by atoms with Crippen molar-refractivity contribution in [1.29, 1.82) is 0 Å². The summed E-state index contributed by atoms with van der Waals surface area (Å²) in [6.07, 6.45) is 0. The van der Waals surface area contributed by atoms with Crippen LogP contribution in [-0.4, -0.2) is 13.2 Å². The van der Waals surface area contributed by atoms with Crippen LogP contribution in [0.2, 0.25) is 0 Å². The number of anilines is 2. The number of hydrogen-bond acceptors (Lipinski definition) is 4. The van der Waals surface area contributed by atoms with Gasteiger partial charge in [-0.3, -0.25) is 0 Å². The summed E-state index contributed by atoms with van der Waals surface area (Å²) in [6, 6.07) is 13.9. The Balaban J connectivity index is 1.82. The van der Waals surface area contributed by atoms with Gasteiger partial charge in [0.15, 0.2) is 0 Å². The lowest BCUT2D eigenvalue weighted by atomic mass is 10.1. The predicted octanol–water partition coefficient (Wildman–Crippen LogP) is 3.21. The third-order valence-corrected chi connectivity index (χ3v) is 3.28. The molecule has 0 saturated carbocycles. The van der Waals surface area contributed by atoms with Crippen LogP contribution in [0.3, 0.4) is 0 Å². The molecule has 4 heteroatoms. The van der Waals surface area contributed by atoms with E-state index < -0.39 is 0 Å². The predicted molar refractivity (Wildman–Crippen MR) is 80.3 cm³/mol. The van der Waals surface area contributed by atoms with Crippen molar-refractivity contribution in [2.75, 3.05) is 24.3 Å². The minimum Gasteiger partial charge on any atom is -0.494 e. The number of nitrogens with two attached hydrogens (primary N) is 1. The second-order valence-electron chi connectivity index (χ2n) is 4.77. The summed E-state index contributed by atoms with van der Waals surface area (Å²) in [5.74, 6) is 1.72. The molecule has 0 saturated heterocycles. The van der Waals surface area contributed by atoms with Crippen LogP contribution in [0.5, 0.6) is 11.5 Å². The van der Waals surface area contributed by atoms with Gasteiger partial charge in [0.25, 0.3) is 0 Å². The van der Waals surface area contributed by atoms with Crippen LogP contribution in [-0.2, 0) is 0 Å². The first-order chi connectivity index (χ1) is 9.76. The van der Waals surface area contributed by atoms with Gasteiger partial charge < -0.3 is 20.5 Å². The molecule has 0 fully saturated rings. The average Bonchev–Trinajstić information content (AvgIpc) is 2.82. The molecule has 0 amide bonds. The van der Waals surface area contributed by atoms with Gasteiger partial charge in [-0.05, 0) is 19.1 Å². The van der Waals surface area contributed by atoms with E-state index in [1.807, 2.05) is 43.3 Å². The highest BCUT2D eigenvalue weighted by molar-refractivity contribution is 5.60. The van der Waals surface area contributed by atoms with Gasteiger partial charge in [0.2, 0.25) is 0 Å². The first-order valence-corrected chi connectivity index (χ1v) is 6.78. The Labute approximate surface area is 118 Å². The summed E-state index contributed by atoms with van der Waals surface area (Å²) >= 11 is 0. The standard InChI is InChI=1S/C16H18N2O2/c1-2-19-13-8-11(17)7-12(9-13)18-15-10-20-16-6-4-3-5-14(15)16/h3-9,15,18H,2,10,17H2,1H3. The summed E-state index contributed by atoms with van der Waals surface area (Å²) in [7, 11) is 0. The van der Waals surface area contributed by atoms with E-state index in [1.165, 1.54) is 5.56 Å². The van der Waals surface area contributed by atoms with Gasteiger partial charge >= 0.3 is 0 Å². The molecule has 1 aliphatic rings. The zero-order valence-corrected chi connectivity index (χ0v) is 11.4. The molecule has 3 rings (SSSR count). The van der Waals surface area contributed by atoms with Crippen LogP contribution in [0, 0.1) is 0 Å². The largest absolute Gasteiger partial charge is 0.494 e. The second-order valence-corrected chi connectivity index (χ2v) is 4.77. The Hall–Kier alpha value is -2.36. The highest BCUT2D eigenvalue weighted by Crippen LogP contribution is 2.35.